The molecule has 6 heteroatoms. The summed E-state index contributed by atoms with van der Waals surface area (Å²) in [5.41, 5.74) is 5.73. The minimum absolute atomic E-state index is 0.163. The van der Waals surface area contributed by atoms with Gasteiger partial charge in [0.2, 0.25) is 5.91 Å². The van der Waals surface area contributed by atoms with Crippen molar-refractivity contribution in [2.45, 2.75) is 18.5 Å². The Labute approximate surface area is 129 Å². The molecule has 5 nitrogen and oxygen atoms in total. The zero-order valence-corrected chi connectivity index (χ0v) is 12.8. The maximum absolute atomic E-state index is 11.9. The molecule has 1 aromatic rings. The van der Waals surface area contributed by atoms with Crippen LogP contribution < -0.4 is 11.1 Å². The molecule has 2 unspecified atom stereocenters. The number of terminal acetylenes is 1. The Morgan fingerprint density at radius 1 is 1.57 bits per heavy atom. The predicted molar refractivity (Wildman–Crippen MR) is 83.9 cm³/mol. The maximum atomic E-state index is 11.9. The highest BCUT2D eigenvalue weighted by Gasteiger charge is 2.24. The number of thiophene rings is 1. The number of morpholine rings is 1. The summed E-state index contributed by atoms with van der Waals surface area (Å²) in [7, 11) is 0. The molecule has 1 aliphatic heterocycles. The minimum atomic E-state index is -0.635. The quantitative estimate of drug-likeness (QED) is 0.755. The highest BCUT2D eigenvalue weighted by molar-refractivity contribution is 7.10. The summed E-state index contributed by atoms with van der Waals surface area (Å²) in [4.78, 5) is 15.5. The molecule has 1 amide bonds. The van der Waals surface area contributed by atoms with E-state index in [9.17, 15) is 4.79 Å². The normalized spacial score (nSPS) is 18.7. The largest absolute Gasteiger partial charge is 0.379 e. The van der Waals surface area contributed by atoms with Gasteiger partial charge in [0.25, 0.3) is 0 Å². The first kappa shape index (κ1) is 16.0. The van der Waals surface area contributed by atoms with Gasteiger partial charge in [0.05, 0.1) is 25.3 Å². The molecule has 0 aliphatic carbocycles. The Morgan fingerprint density at radius 2 is 2.33 bits per heavy atom. The van der Waals surface area contributed by atoms with Crippen LogP contribution in [0.4, 0.5) is 0 Å². The van der Waals surface area contributed by atoms with Crippen molar-refractivity contribution < 1.29 is 9.53 Å². The number of hydrogen-bond donors (Lipinski definition) is 2. The van der Waals surface area contributed by atoms with Crippen LogP contribution in [0.25, 0.3) is 0 Å². The number of nitrogens with two attached hydrogens (primary N) is 1. The number of hydrogen-bond acceptors (Lipinski definition) is 5. The van der Waals surface area contributed by atoms with Gasteiger partial charge in [-0.3, -0.25) is 9.69 Å². The van der Waals surface area contributed by atoms with Crippen molar-refractivity contribution in [3.8, 4) is 12.3 Å². The first-order valence-corrected chi connectivity index (χ1v) is 7.92. The molecule has 2 heterocycles. The Hall–Kier alpha value is -1.39. The summed E-state index contributed by atoms with van der Waals surface area (Å²) in [5, 5.41) is 4.97. The lowest BCUT2D eigenvalue weighted by Gasteiger charge is -2.34. The van der Waals surface area contributed by atoms with E-state index in [1.165, 1.54) is 4.88 Å². The topological polar surface area (TPSA) is 67.6 Å². The first-order valence-electron chi connectivity index (χ1n) is 7.04. The molecule has 3 N–H and O–H groups in total. The molecule has 1 fully saturated rings. The van der Waals surface area contributed by atoms with Crippen LogP contribution in [-0.2, 0) is 9.53 Å². The van der Waals surface area contributed by atoms with Crippen molar-refractivity contribution in [1.82, 2.24) is 10.2 Å². The average Bonchev–Trinajstić information content (AvgIpc) is 3.03. The second-order valence-electron chi connectivity index (χ2n) is 4.94. The van der Waals surface area contributed by atoms with Crippen LogP contribution >= 0.6 is 11.3 Å². The molecule has 1 aliphatic rings. The van der Waals surface area contributed by atoms with Gasteiger partial charge < -0.3 is 15.8 Å². The summed E-state index contributed by atoms with van der Waals surface area (Å²) < 4.78 is 5.40. The fourth-order valence-corrected chi connectivity index (χ4v) is 3.19. The molecule has 0 radical (unpaired) electrons. The molecule has 2 atom stereocenters. The molecule has 0 saturated carbocycles. The summed E-state index contributed by atoms with van der Waals surface area (Å²) in [6.07, 6.45) is 5.44. The lowest BCUT2D eigenvalue weighted by molar-refractivity contribution is -0.122. The summed E-state index contributed by atoms with van der Waals surface area (Å²) in [5.74, 6) is 2.22. The van der Waals surface area contributed by atoms with Crippen molar-refractivity contribution in [3.63, 3.8) is 0 Å². The van der Waals surface area contributed by atoms with Gasteiger partial charge >= 0.3 is 0 Å². The fourth-order valence-electron chi connectivity index (χ4n) is 2.33. The summed E-state index contributed by atoms with van der Waals surface area (Å²) >= 11 is 1.70. The van der Waals surface area contributed by atoms with Crippen LogP contribution in [0.5, 0.6) is 0 Å². The van der Waals surface area contributed by atoms with Gasteiger partial charge in [-0.2, -0.15) is 0 Å². The second-order valence-corrected chi connectivity index (χ2v) is 5.92. The standard InChI is InChI=1S/C15H21N3O2S/c1-2-4-12(16)15(19)17-11-13(14-5-3-10-21-14)18-6-8-20-9-7-18/h1,3,5,10,12-13H,4,6-9,11,16H2,(H,17,19). The van der Waals surface area contributed by atoms with E-state index in [1.54, 1.807) is 11.3 Å². The lowest BCUT2D eigenvalue weighted by atomic mass is 10.1. The van der Waals surface area contributed by atoms with Gasteiger partial charge in [-0.25, -0.2) is 0 Å². The minimum Gasteiger partial charge on any atom is -0.379 e. The van der Waals surface area contributed by atoms with Crippen LogP contribution in [0.15, 0.2) is 17.5 Å². The van der Waals surface area contributed by atoms with Gasteiger partial charge in [0.15, 0.2) is 0 Å². The molecule has 1 aromatic heterocycles. The molecule has 0 bridgehead atoms. The third-order valence-corrected chi connectivity index (χ3v) is 4.48. The van der Waals surface area contributed by atoms with E-state index in [0.717, 1.165) is 26.3 Å². The van der Waals surface area contributed by atoms with E-state index in [1.807, 2.05) is 6.07 Å². The zero-order valence-electron chi connectivity index (χ0n) is 12.0. The van der Waals surface area contributed by atoms with E-state index in [2.05, 4.69) is 27.6 Å². The van der Waals surface area contributed by atoms with Gasteiger partial charge in [-0.1, -0.05) is 6.07 Å². The molecule has 1 saturated heterocycles. The van der Waals surface area contributed by atoms with Crippen molar-refractivity contribution in [2.75, 3.05) is 32.8 Å². The smallest absolute Gasteiger partial charge is 0.237 e. The second kappa shape index (κ2) is 8.15. The van der Waals surface area contributed by atoms with Crippen LogP contribution in [0, 0.1) is 12.3 Å². The van der Waals surface area contributed by atoms with Gasteiger partial charge in [-0.05, 0) is 11.4 Å². The molecular weight excluding hydrogens is 286 g/mol. The summed E-state index contributed by atoms with van der Waals surface area (Å²) in [6.45, 7) is 3.74. The molecular formula is C15H21N3O2S. The fraction of sp³-hybridized carbons (Fsp3) is 0.533. The van der Waals surface area contributed by atoms with Crippen LogP contribution in [0.3, 0.4) is 0 Å². The summed E-state index contributed by atoms with van der Waals surface area (Å²) in [6, 6.07) is 3.65. The van der Waals surface area contributed by atoms with Crippen molar-refractivity contribution in [2.24, 2.45) is 5.73 Å². The Balaban J connectivity index is 1.96. The third kappa shape index (κ3) is 4.55. The lowest BCUT2D eigenvalue weighted by Crippen LogP contribution is -2.46. The van der Waals surface area contributed by atoms with Crippen LogP contribution in [-0.4, -0.2) is 49.7 Å². The van der Waals surface area contributed by atoms with E-state index >= 15 is 0 Å². The van der Waals surface area contributed by atoms with Gasteiger partial charge in [-0.15, -0.1) is 23.7 Å². The number of rotatable bonds is 6. The van der Waals surface area contributed by atoms with E-state index < -0.39 is 6.04 Å². The molecule has 2 rings (SSSR count). The molecule has 0 spiro atoms. The number of ether oxygens (including phenoxy) is 1. The number of nitrogens with one attached hydrogen (secondary N) is 1. The monoisotopic (exact) mass is 307 g/mol. The molecule has 21 heavy (non-hydrogen) atoms. The maximum Gasteiger partial charge on any atom is 0.237 e. The van der Waals surface area contributed by atoms with Gasteiger partial charge in [0.1, 0.15) is 0 Å². The Morgan fingerprint density at radius 3 is 2.95 bits per heavy atom. The highest BCUT2D eigenvalue weighted by atomic mass is 32.1. The zero-order chi connectivity index (χ0) is 15.1. The third-order valence-electron chi connectivity index (χ3n) is 3.50. The SMILES string of the molecule is C#CCC(N)C(=O)NCC(c1cccs1)N1CCOCC1. The van der Waals surface area contributed by atoms with E-state index in [4.69, 9.17) is 16.9 Å². The van der Waals surface area contributed by atoms with Crippen molar-refractivity contribution in [3.05, 3.63) is 22.4 Å². The average molecular weight is 307 g/mol. The Kier molecular flexibility index (Phi) is 6.21. The number of nitrogens with zero attached hydrogens (tertiary/aromatic N) is 1. The predicted octanol–water partition coefficient (Wildman–Crippen LogP) is 0.588. The van der Waals surface area contributed by atoms with E-state index in [-0.39, 0.29) is 18.4 Å². The van der Waals surface area contributed by atoms with Crippen LogP contribution in [0.2, 0.25) is 0 Å². The number of carbonyl (C=O) groups excluding carboxylic acids is 1. The molecule has 114 valence electrons. The number of carbonyl (C=O) groups is 1. The van der Waals surface area contributed by atoms with Gasteiger partial charge in [0, 0.05) is 30.9 Å². The number of amides is 1. The molecule has 0 aromatic carbocycles. The van der Waals surface area contributed by atoms with E-state index in [0.29, 0.717) is 6.54 Å². The first-order chi connectivity index (χ1) is 10.2. The van der Waals surface area contributed by atoms with Crippen molar-refractivity contribution in [1.29, 1.82) is 0 Å². The van der Waals surface area contributed by atoms with Crippen molar-refractivity contribution >= 4 is 17.2 Å². The highest BCUT2D eigenvalue weighted by Crippen LogP contribution is 2.25. The van der Waals surface area contributed by atoms with Crippen LogP contribution in [0.1, 0.15) is 17.3 Å². The Bertz CT molecular complexity index is 478.